The van der Waals surface area contributed by atoms with Gasteiger partial charge in [-0.3, -0.25) is 9.59 Å². The molecule has 3 rings (SSSR count). The molecule has 0 N–H and O–H groups in total. The third-order valence-electron chi connectivity index (χ3n) is 3.62. The van der Waals surface area contributed by atoms with Crippen LogP contribution >= 0.6 is 0 Å². The number of rotatable bonds is 2. The Morgan fingerprint density at radius 2 is 1.17 bits per heavy atom. The molecular formula is C14H16N2O2. The molecule has 2 aliphatic heterocycles. The number of amides is 2. The van der Waals surface area contributed by atoms with Gasteiger partial charge in [0.15, 0.2) is 0 Å². The highest BCUT2D eigenvalue weighted by Crippen LogP contribution is 2.22. The summed E-state index contributed by atoms with van der Waals surface area (Å²) in [5.41, 5.74) is 1.32. The van der Waals surface area contributed by atoms with Crippen molar-refractivity contribution in [2.45, 2.75) is 25.9 Å². The normalized spacial score (nSPS) is 25.0. The van der Waals surface area contributed by atoms with Crippen molar-refractivity contribution >= 4 is 11.8 Å². The molecule has 2 fully saturated rings. The van der Waals surface area contributed by atoms with E-state index in [1.54, 1.807) is 24.3 Å². The fourth-order valence-corrected chi connectivity index (χ4v) is 2.13. The number of carbonyl (C=O) groups excluding carboxylic acids is 2. The molecule has 4 heteroatoms. The Morgan fingerprint density at radius 3 is 1.39 bits per heavy atom. The van der Waals surface area contributed by atoms with Gasteiger partial charge in [0.2, 0.25) is 0 Å². The number of nitrogens with zero attached hydrogens (tertiary/aromatic N) is 2. The summed E-state index contributed by atoms with van der Waals surface area (Å²) in [6.07, 6.45) is 0. The van der Waals surface area contributed by atoms with Gasteiger partial charge in [-0.2, -0.15) is 0 Å². The monoisotopic (exact) mass is 244 g/mol. The number of benzene rings is 1. The summed E-state index contributed by atoms with van der Waals surface area (Å²) >= 11 is 0. The van der Waals surface area contributed by atoms with Crippen molar-refractivity contribution in [1.82, 2.24) is 9.80 Å². The van der Waals surface area contributed by atoms with Crippen molar-refractivity contribution < 1.29 is 9.59 Å². The standard InChI is InChI=1S/C14H16N2O2/c1-9-7-15(9)13(17)11-3-5-12(6-4-11)14(18)16-8-10(16)2/h3-6,9-10H,7-8H2,1-2H3/t9-,10-,15?,16?/m1/s1. The number of hydrogen-bond acceptors (Lipinski definition) is 2. The number of carbonyl (C=O) groups is 2. The summed E-state index contributed by atoms with van der Waals surface area (Å²) in [4.78, 5) is 27.5. The van der Waals surface area contributed by atoms with Gasteiger partial charge in [0.05, 0.1) is 0 Å². The van der Waals surface area contributed by atoms with Crippen molar-refractivity contribution in [3.05, 3.63) is 35.4 Å². The molecular weight excluding hydrogens is 228 g/mol. The molecule has 0 aliphatic carbocycles. The van der Waals surface area contributed by atoms with Crippen LogP contribution < -0.4 is 0 Å². The first-order valence-corrected chi connectivity index (χ1v) is 6.30. The topological polar surface area (TPSA) is 40.2 Å². The first-order valence-electron chi connectivity index (χ1n) is 6.30. The molecule has 4 nitrogen and oxygen atoms in total. The fourth-order valence-electron chi connectivity index (χ4n) is 2.13. The Balaban J connectivity index is 1.73. The van der Waals surface area contributed by atoms with Crippen LogP contribution in [0.15, 0.2) is 24.3 Å². The van der Waals surface area contributed by atoms with Crippen LogP contribution in [0.5, 0.6) is 0 Å². The molecule has 18 heavy (non-hydrogen) atoms. The summed E-state index contributed by atoms with van der Waals surface area (Å²) in [7, 11) is 0. The van der Waals surface area contributed by atoms with E-state index in [-0.39, 0.29) is 11.8 Å². The minimum Gasteiger partial charge on any atom is -0.332 e. The summed E-state index contributed by atoms with van der Waals surface area (Å²) in [5, 5.41) is 0. The maximum atomic E-state index is 11.9. The average Bonchev–Trinajstić information content (AvgIpc) is 3.27. The molecule has 2 saturated heterocycles. The summed E-state index contributed by atoms with van der Waals surface area (Å²) in [5.74, 6) is 0.114. The van der Waals surface area contributed by atoms with Gasteiger partial charge in [-0.1, -0.05) is 0 Å². The quantitative estimate of drug-likeness (QED) is 0.737. The van der Waals surface area contributed by atoms with Crippen molar-refractivity contribution in [2.75, 3.05) is 13.1 Å². The van der Waals surface area contributed by atoms with E-state index >= 15 is 0 Å². The molecule has 2 heterocycles. The second kappa shape index (κ2) is 3.83. The van der Waals surface area contributed by atoms with Crippen LogP contribution in [-0.4, -0.2) is 46.8 Å². The van der Waals surface area contributed by atoms with E-state index in [2.05, 4.69) is 0 Å². The Morgan fingerprint density at radius 1 is 0.889 bits per heavy atom. The molecule has 0 bridgehead atoms. The lowest BCUT2D eigenvalue weighted by molar-refractivity contribution is 0.0864. The Bertz CT molecular complexity index is 462. The molecule has 1 aromatic rings. The van der Waals surface area contributed by atoms with Gasteiger partial charge in [0.1, 0.15) is 0 Å². The average molecular weight is 244 g/mol. The predicted octanol–water partition coefficient (Wildman–Crippen LogP) is 1.38. The first-order chi connectivity index (χ1) is 8.58. The zero-order valence-electron chi connectivity index (χ0n) is 10.6. The van der Waals surface area contributed by atoms with Crippen LogP contribution in [0.2, 0.25) is 0 Å². The van der Waals surface area contributed by atoms with Crippen LogP contribution in [0.25, 0.3) is 0 Å². The maximum absolute atomic E-state index is 11.9. The van der Waals surface area contributed by atoms with Gasteiger partial charge in [-0.15, -0.1) is 0 Å². The molecule has 0 spiro atoms. The van der Waals surface area contributed by atoms with Crippen LogP contribution in [0.3, 0.4) is 0 Å². The second-order valence-electron chi connectivity index (χ2n) is 5.19. The lowest BCUT2D eigenvalue weighted by Gasteiger charge is -2.05. The highest BCUT2D eigenvalue weighted by Gasteiger charge is 2.36. The van der Waals surface area contributed by atoms with E-state index in [1.807, 2.05) is 23.6 Å². The van der Waals surface area contributed by atoms with E-state index in [0.717, 1.165) is 13.1 Å². The third-order valence-corrected chi connectivity index (χ3v) is 3.62. The van der Waals surface area contributed by atoms with Gasteiger partial charge in [0, 0.05) is 36.3 Å². The fraction of sp³-hybridized carbons (Fsp3) is 0.429. The molecule has 1 aromatic carbocycles. The van der Waals surface area contributed by atoms with Crippen molar-refractivity contribution in [3.63, 3.8) is 0 Å². The molecule has 0 aromatic heterocycles. The van der Waals surface area contributed by atoms with Gasteiger partial charge >= 0.3 is 0 Å². The molecule has 0 saturated carbocycles. The van der Waals surface area contributed by atoms with Crippen LogP contribution in [0, 0.1) is 0 Å². The minimum atomic E-state index is 0.0570. The van der Waals surface area contributed by atoms with E-state index in [1.165, 1.54) is 0 Å². The minimum absolute atomic E-state index is 0.0570. The SMILES string of the molecule is C[C@@H]1CN1C(=O)c1ccc(C(=O)N2C[C@H]2C)cc1. The molecule has 2 atom stereocenters. The Hall–Kier alpha value is -1.84. The molecule has 2 amide bonds. The molecule has 94 valence electrons. The van der Waals surface area contributed by atoms with Gasteiger partial charge in [-0.25, -0.2) is 0 Å². The zero-order chi connectivity index (χ0) is 12.9. The van der Waals surface area contributed by atoms with Gasteiger partial charge in [-0.05, 0) is 38.1 Å². The molecule has 0 radical (unpaired) electrons. The van der Waals surface area contributed by atoms with Crippen molar-refractivity contribution in [3.8, 4) is 0 Å². The molecule has 0 unspecified atom stereocenters. The van der Waals surface area contributed by atoms with Gasteiger partial charge < -0.3 is 9.80 Å². The smallest absolute Gasteiger partial charge is 0.254 e. The summed E-state index contributed by atoms with van der Waals surface area (Å²) in [6, 6.07) is 7.70. The first kappa shape index (κ1) is 11.3. The van der Waals surface area contributed by atoms with E-state index in [0.29, 0.717) is 23.2 Å². The third kappa shape index (κ3) is 1.88. The lowest BCUT2D eigenvalue weighted by atomic mass is 10.1. The Labute approximate surface area is 106 Å². The van der Waals surface area contributed by atoms with E-state index in [9.17, 15) is 9.59 Å². The number of hydrogen-bond donors (Lipinski definition) is 0. The van der Waals surface area contributed by atoms with Gasteiger partial charge in [0.25, 0.3) is 11.8 Å². The van der Waals surface area contributed by atoms with Crippen molar-refractivity contribution in [2.24, 2.45) is 0 Å². The highest BCUT2D eigenvalue weighted by molar-refractivity contribution is 5.99. The Kier molecular flexibility index (Phi) is 2.40. The summed E-state index contributed by atoms with van der Waals surface area (Å²) < 4.78 is 0. The highest BCUT2D eigenvalue weighted by atomic mass is 16.2. The largest absolute Gasteiger partial charge is 0.332 e. The van der Waals surface area contributed by atoms with Crippen molar-refractivity contribution in [1.29, 1.82) is 0 Å². The zero-order valence-corrected chi connectivity index (χ0v) is 10.6. The second-order valence-corrected chi connectivity index (χ2v) is 5.19. The molecule has 2 aliphatic rings. The summed E-state index contributed by atoms with van der Waals surface area (Å²) in [6.45, 7) is 5.73. The predicted molar refractivity (Wildman–Crippen MR) is 67.4 cm³/mol. The van der Waals surface area contributed by atoms with Crippen LogP contribution in [-0.2, 0) is 0 Å². The van der Waals surface area contributed by atoms with E-state index < -0.39 is 0 Å². The van der Waals surface area contributed by atoms with Crippen LogP contribution in [0.4, 0.5) is 0 Å². The van der Waals surface area contributed by atoms with E-state index in [4.69, 9.17) is 0 Å². The maximum Gasteiger partial charge on any atom is 0.254 e. The van der Waals surface area contributed by atoms with Crippen LogP contribution in [0.1, 0.15) is 34.6 Å². The lowest BCUT2D eigenvalue weighted by Crippen LogP contribution is -2.15.